The van der Waals surface area contributed by atoms with Gasteiger partial charge in [-0.3, -0.25) is 0 Å². The second-order valence-corrected chi connectivity index (χ2v) is 5.19. The zero-order chi connectivity index (χ0) is 15.2. The lowest BCUT2D eigenvalue weighted by Gasteiger charge is -2.10. The van der Waals surface area contributed by atoms with Crippen LogP contribution < -0.4 is 11.5 Å². The molecule has 0 unspecified atom stereocenters. The van der Waals surface area contributed by atoms with Crippen molar-refractivity contribution in [2.24, 2.45) is 0 Å². The number of rotatable bonds is 6. The van der Waals surface area contributed by atoms with E-state index < -0.39 is 0 Å². The summed E-state index contributed by atoms with van der Waals surface area (Å²) in [4.78, 5) is 0. The van der Waals surface area contributed by atoms with E-state index in [1.807, 2.05) is 36.4 Å². The minimum atomic E-state index is 0.104. The summed E-state index contributed by atoms with van der Waals surface area (Å²) in [7, 11) is 0. The van der Waals surface area contributed by atoms with Gasteiger partial charge in [-0.15, -0.1) is 0 Å². The molecule has 0 atom stereocenters. The Morgan fingerprint density at radius 3 is 1.48 bits per heavy atom. The highest BCUT2D eigenvalue weighted by Gasteiger charge is 2.04. The van der Waals surface area contributed by atoms with Crippen molar-refractivity contribution < 1.29 is 10.2 Å². The summed E-state index contributed by atoms with van der Waals surface area (Å²) < 4.78 is 0. The predicted molar refractivity (Wildman–Crippen MR) is 86.1 cm³/mol. The van der Waals surface area contributed by atoms with Crippen LogP contribution in [0.2, 0.25) is 0 Å². The zero-order valence-electron chi connectivity index (χ0n) is 12.0. The minimum absolute atomic E-state index is 0.104. The van der Waals surface area contributed by atoms with Crippen molar-refractivity contribution in [3.8, 4) is 0 Å². The van der Waals surface area contributed by atoms with Gasteiger partial charge in [-0.1, -0.05) is 24.3 Å². The third kappa shape index (κ3) is 3.97. The van der Waals surface area contributed by atoms with Crippen molar-refractivity contribution in [3.63, 3.8) is 0 Å². The van der Waals surface area contributed by atoms with Crippen molar-refractivity contribution in [3.05, 3.63) is 58.7 Å². The van der Waals surface area contributed by atoms with E-state index in [1.165, 1.54) is 0 Å². The van der Waals surface area contributed by atoms with Crippen LogP contribution in [-0.4, -0.2) is 23.4 Å². The third-order valence-electron chi connectivity index (χ3n) is 3.59. The maximum atomic E-state index is 8.96. The fourth-order valence-electron chi connectivity index (χ4n) is 2.44. The first-order valence-corrected chi connectivity index (χ1v) is 7.10. The van der Waals surface area contributed by atoms with E-state index in [0.29, 0.717) is 24.2 Å². The largest absolute Gasteiger partial charge is 0.398 e. The van der Waals surface area contributed by atoms with E-state index in [9.17, 15) is 0 Å². The van der Waals surface area contributed by atoms with Crippen LogP contribution in [0.3, 0.4) is 0 Å². The average molecular weight is 286 g/mol. The SMILES string of the molecule is Nc1cc(Cc2ccc(CCO)c(N)c2)ccc1CCO. The van der Waals surface area contributed by atoms with E-state index in [0.717, 1.165) is 28.7 Å². The number of nitrogens with two attached hydrogens (primary N) is 2. The molecule has 0 aromatic heterocycles. The van der Waals surface area contributed by atoms with E-state index in [2.05, 4.69) is 0 Å². The Kier molecular flexibility index (Phi) is 5.20. The number of anilines is 2. The molecule has 2 aromatic carbocycles. The Morgan fingerprint density at radius 2 is 1.14 bits per heavy atom. The monoisotopic (exact) mass is 286 g/mol. The van der Waals surface area contributed by atoms with Crippen LogP contribution in [0.1, 0.15) is 22.3 Å². The Hall–Kier alpha value is -2.04. The summed E-state index contributed by atoms with van der Waals surface area (Å²) in [5.74, 6) is 0. The van der Waals surface area contributed by atoms with Crippen molar-refractivity contribution in [1.82, 2.24) is 0 Å². The number of hydrogen-bond acceptors (Lipinski definition) is 4. The molecule has 0 fully saturated rings. The summed E-state index contributed by atoms with van der Waals surface area (Å²) in [6.07, 6.45) is 1.91. The number of benzene rings is 2. The van der Waals surface area contributed by atoms with Crippen LogP contribution in [-0.2, 0) is 19.3 Å². The number of nitrogen functional groups attached to an aromatic ring is 2. The lowest BCUT2D eigenvalue weighted by Crippen LogP contribution is -2.01. The van der Waals surface area contributed by atoms with E-state index >= 15 is 0 Å². The van der Waals surface area contributed by atoms with Crippen LogP contribution in [0.4, 0.5) is 11.4 Å². The van der Waals surface area contributed by atoms with Gasteiger partial charge in [-0.2, -0.15) is 0 Å². The summed E-state index contributed by atoms with van der Waals surface area (Å²) in [5.41, 5.74) is 17.6. The van der Waals surface area contributed by atoms with Gasteiger partial charge < -0.3 is 21.7 Å². The molecule has 0 heterocycles. The zero-order valence-corrected chi connectivity index (χ0v) is 12.0. The van der Waals surface area contributed by atoms with Crippen LogP contribution in [0.5, 0.6) is 0 Å². The molecule has 2 aromatic rings. The molecule has 0 amide bonds. The second-order valence-electron chi connectivity index (χ2n) is 5.19. The van der Waals surface area contributed by atoms with Crippen molar-refractivity contribution in [2.45, 2.75) is 19.3 Å². The molecule has 2 rings (SSSR count). The van der Waals surface area contributed by atoms with Gasteiger partial charge in [0.05, 0.1) is 0 Å². The summed E-state index contributed by atoms with van der Waals surface area (Å²) in [6.45, 7) is 0.207. The molecule has 0 aliphatic rings. The summed E-state index contributed by atoms with van der Waals surface area (Å²) in [5, 5.41) is 17.9. The molecule has 0 bridgehead atoms. The molecule has 21 heavy (non-hydrogen) atoms. The van der Waals surface area contributed by atoms with Gasteiger partial charge in [0.2, 0.25) is 0 Å². The van der Waals surface area contributed by atoms with Crippen LogP contribution in [0.25, 0.3) is 0 Å². The second kappa shape index (κ2) is 7.11. The molecular formula is C17H22N2O2. The van der Waals surface area contributed by atoms with Crippen LogP contribution in [0.15, 0.2) is 36.4 Å². The summed E-state index contributed by atoms with van der Waals surface area (Å²) >= 11 is 0. The van der Waals surface area contributed by atoms with Gasteiger partial charge in [0.15, 0.2) is 0 Å². The highest BCUT2D eigenvalue weighted by Crippen LogP contribution is 2.20. The predicted octanol–water partition coefficient (Wildman–Crippen LogP) is 1.51. The van der Waals surface area contributed by atoms with Crippen molar-refractivity contribution in [1.29, 1.82) is 0 Å². The molecule has 4 nitrogen and oxygen atoms in total. The van der Waals surface area contributed by atoms with E-state index in [-0.39, 0.29) is 13.2 Å². The van der Waals surface area contributed by atoms with Gasteiger partial charge in [0.1, 0.15) is 0 Å². The fraction of sp³-hybridized carbons (Fsp3) is 0.294. The van der Waals surface area contributed by atoms with E-state index in [1.54, 1.807) is 0 Å². The number of aliphatic hydroxyl groups excluding tert-OH is 2. The van der Waals surface area contributed by atoms with Crippen LogP contribution in [0, 0.1) is 0 Å². The molecule has 0 radical (unpaired) electrons. The quantitative estimate of drug-likeness (QED) is 0.606. The average Bonchev–Trinajstić information content (AvgIpc) is 2.45. The van der Waals surface area contributed by atoms with Gasteiger partial charge in [-0.05, 0) is 53.6 Å². The molecular weight excluding hydrogens is 264 g/mol. The van der Waals surface area contributed by atoms with Gasteiger partial charge >= 0.3 is 0 Å². The first-order valence-electron chi connectivity index (χ1n) is 7.10. The summed E-state index contributed by atoms with van der Waals surface area (Å²) in [6, 6.07) is 11.9. The normalized spacial score (nSPS) is 10.8. The lowest BCUT2D eigenvalue weighted by atomic mass is 9.99. The molecule has 6 N–H and O–H groups in total. The molecule has 0 saturated carbocycles. The standard InChI is InChI=1S/C17H22N2O2/c18-16-10-12(1-3-14(16)5-7-20)9-13-2-4-15(6-8-21)17(19)11-13/h1-4,10-11,20-21H,5-9,18-19H2. The van der Waals surface area contributed by atoms with E-state index in [4.69, 9.17) is 21.7 Å². The number of hydrogen-bond donors (Lipinski definition) is 4. The smallest absolute Gasteiger partial charge is 0.0472 e. The maximum absolute atomic E-state index is 8.96. The van der Waals surface area contributed by atoms with Crippen LogP contribution >= 0.6 is 0 Å². The highest BCUT2D eigenvalue weighted by molar-refractivity contribution is 5.52. The first kappa shape index (κ1) is 15.4. The molecule has 0 spiro atoms. The Balaban J connectivity index is 2.14. The number of aliphatic hydroxyl groups is 2. The fourth-order valence-corrected chi connectivity index (χ4v) is 2.44. The maximum Gasteiger partial charge on any atom is 0.0472 e. The van der Waals surface area contributed by atoms with Gasteiger partial charge in [0.25, 0.3) is 0 Å². The Morgan fingerprint density at radius 1 is 0.714 bits per heavy atom. The van der Waals surface area contributed by atoms with Crippen molar-refractivity contribution in [2.75, 3.05) is 24.7 Å². The van der Waals surface area contributed by atoms with Crippen molar-refractivity contribution >= 4 is 11.4 Å². The Bertz CT molecular complexity index is 558. The molecule has 112 valence electrons. The topological polar surface area (TPSA) is 92.5 Å². The first-order chi connectivity index (χ1) is 10.1. The third-order valence-corrected chi connectivity index (χ3v) is 3.59. The molecule has 0 aliphatic carbocycles. The lowest BCUT2D eigenvalue weighted by molar-refractivity contribution is 0.299. The van der Waals surface area contributed by atoms with Gasteiger partial charge in [-0.25, -0.2) is 0 Å². The molecule has 0 saturated heterocycles. The molecule has 0 aliphatic heterocycles. The highest BCUT2D eigenvalue weighted by atomic mass is 16.3. The Labute approximate surface area is 125 Å². The minimum Gasteiger partial charge on any atom is -0.398 e. The van der Waals surface area contributed by atoms with Gasteiger partial charge in [0, 0.05) is 24.6 Å². The molecule has 4 heteroatoms.